The van der Waals surface area contributed by atoms with Crippen molar-refractivity contribution in [1.82, 2.24) is 10.2 Å². The van der Waals surface area contributed by atoms with E-state index >= 15 is 0 Å². The molecule has 2 amide bonds. The molecule has 1 aromatic rings. The number of carbonyl (C=O) groups is 2. The first-order valence-corrected chi connectivity index (χ1v) is 7.86. The quantitative estimate of drug-likeness (QED) is 0.894. The lowest BCUT2D eigenvalue weighted by atomic mass is 10.1. The van der Waals surface area contributed by atoms with E-state index in [-0.39, 0.29) is 23.7 Å². The van der Waals surface area contributed by atoms with Gasteiger partial charge in [-0.25, -0.2) is 0 Å². The minimum Gasteiger partial charge on any atom is -0.356 e. The molecule has 1 aliphatic heterocycles. The zero-order valence-corrected chi connectivity index (χ0v) is 12.3. The molecule has 2 atom stereocenters. The van der Waals surface area contributed by atoms with E-state index in [1.807, 2.05) is 23.1 Å². The summed E-state index contributed by atoms with van der Waals surface area (Å²) in [6, 6.07) is 10.1. The number of hydrogen-bond acceptors (Lipinski definition) is 2. The van der Waals surface area contributed by atoms with Gasteiger partial charge in [-0.2, -0.15) is 0 Å². The number of benzene rings is 1. The molecule has 3 rings (SSSR count). The highest BCUT2D eigenvalue weighted by Gasteiger charge is 2.49. The number of nitrogens with one attached hydrogen (secondary N) is 1. The molecule has 1 saturated carbocycles. The molecule has 2 aliphatic rings. The van der Waals surface area contributed by atoms with Crippen molar-refractivity contribution in [2.75, 3.05) is 19.6 Å². The summed E-state index contributed by atoms with van der Waals surface area (Å²) in [6.45, 7) is 2.39. The summed E-state index contributed by atoms with van der Waals surface area (Å²) >= 11 is 0. The van der Waals surface area contributed by atoms with Crippen LogP contribution in [0.25, 0.3) is 0 Å². The van der Waals surface area contributed by atoms with Gasteiger partial charge in [-0.15, -0.1) is 0 Å². The highest BCUT2D eigenvalue weighted by molar-refractivity contribution is 5.92. The van der Waals surface area contributed by atoms with Crippen LogP contribution in [0.2, 0.25) is 0 Å². The Labute approximate surface area is 125 Å². The number of nitrogens with zero attached hydrogens (tertiary/aromatic N) is 1. The first-order valence-electron chi connectivity index (χ1n) is 7.86. The van der Waals surface area contributed by atoms with Crippen LogP contribution in [0.3, 0.4) is 0 Å². The van der Waals surface area contributed by atoms with Gasteiger partial charge >= 0.3 is 0 Å². The van der Waals surface area contributed by atoms with Gasteiger partial charge in [0.1, 0.15) is 0 Å². The van der Waals surface area contributed by atoms with Crippen LogP contribution in [0.5, 0.6) is 0 Å². The summed E-state index contributed by atoms with van der Waals surface area (Å²) in [4.78, 5) is 26.1. The fourth-order valence-corrected chi connectivity index (χ4v) is 3.04. The highest BCUT2D eigenvalue weighted by Crippen LogP contribution is 2.40. The Morgan fingerprint density at radius 3 is 2.52 bits per heavy atom. The van der Waals surface area contributed by atoms with Gasteiger partial charge in [-0.1, -0.05) is 30.3 Å². The smallest absolute Gasteiger partial charge is 0.226 e. The van der Waals surface area contributed by atoms with Crippen LogP contribution in [0.15, 0.2) is 30.3 Å². The number of amides is 2. The van der Waals surface area contributed by atoms with Crippen molar-refractivity contribution < 1.29 is 9.59 Å². The van der Waals surface area contributed by atoms with Gasteiger partial charge in [0, 0.05) is 19.6 Å². The number of hydrogen-bond donors (Lipinski definition) is 1. The number of carbonyl (C=O) groups excluding carboxylic acids is 2. The van der Waals surface area contributed by atoms with Gasteiger partial charge in [0.05, 0.1) is 11.8 Å². The summed E-state index contributed by atoms with van der Waals surface area (Å²) in [5.74, 6) is 0.0906. The predicted octanol–water partition coefficient (Wildman–Crippen LogP) is 1.60. The first-order chi connectivity index (χ1) is 10.3. The molecule has 0 aromatic heterocycles. The van der Waals surface area contributed by atoms with Gasteiger partial charge in [-0.05, 0) is 31.2 Å². The molecule has 0 spiro atoms. The minimum absolute atomic E-state index is 0.0449. The zero-order valence-electron chi connectivity index (χ0n) is 12.3. The molecule has 112 valence electrons. The normalized spacial score (nSPS) is 23.9. The van der Waals surface area contributed by atoms with Crippen LogP contribution < -0.4 is 5.32 Å². The lowest BCUT2D eigenvalue weighted by molar-refractivity contribution is -0.133. The average Bonchev–Trinajstić information content (AvgIpc) is 3.13. The molecular formula is C17H22N2O2. The summed E-state index contributed by atoms with van der Waals surface area (Å²) in [7, 11) is 0. The van der Waals surface area contributed by atoms with Crippen LogP contribution in [0.4, 0.5) is 0 Å². The molecular weight excluding hydrogens is 264 g/mol. The topological polar surface area (TPSA) is 49.4 Å². The van der Waals surface area contributed by atoms with E-state index in [0.29, 0.717) is 6.54 Å². The number of likely N-dealkylation sites (tertiary alicyclic amines) is 1. The van der Waals surface area contributed by atoms with Gasteiger partial charge < -0.3 is 10.2 Å². The second-order valence-electron chi connectivity index (χ2n) is 6.01. The molecule has 2 unspecified atom stereocenters. The molecule has 2 fully saturated rings. The van der Waals surface area contributed by atoms with E-state index in [2.05, 4.69) is 17.4 Å². The van der Waals surface area contributed by atoms with Crippen LogP contribution >= 0.6 is 0 Å². The summed E-state index contributed by atoms with van der Waals surface area (Å²) in [6.07, 6.45) is 3.77. The van der Waals surface area contributed by atoms with Crippen LogP contribution in [0.1, 0.15) is 24.8 Å². The van der Waals surface area contributed by atoms with Crippen molar-refractivity contribution >= 4 is 11.8 Å². The largest absolute Gasteiger partial charge is 0.356 e. The lowest BCUT2D eigenvalue weighted by Gasteiger charge is -2.14. The molecule has 4 nitrogen and oxygen atoms in total. The third-order valence-electron chi connectivity index (χ3n) is 4.42. The zero-order chi connectivity index (χ0) is 14.7. The molecule has 1 heterocycles. The van der Waals surface area contributed by atoms with Crippen LogP contribution in [0, 0.1) is 11.8 Å². The fourth-order valence-electron chi connectivity index (χ4n) is 3.04. The maximum absolute atomic E-state index is 12.2. The van der Waals surface area contributed by atoms with Crippen molar-refractivity contribution in [3.8, 4) is 0 Å². The van der Waals surface area contributed by atoms with Crippen molar-refractivity contribution in [1.29, 1.82) is 0 Å². The van der Waals surface area contributed by atoms with Gasteiger partial charge in [0.2, 0.25) is 11.8 Å². The molecule has 0 bridgehead atoms. The van der Waals surface area contributed by atoms with E-state index in [0.717, 1.165) is 38.8 Å². The van der Waals surface area contributed by atoms with E-state index in [9.17, 15) is 9.59 Å². The molecule has 21 heavy (non-hydrogen) atoms. The SMILES string of the molecule is O=C(NCCc1ccccc1)C1CC1C(=O)N1CCCC1. The predicted molar refractivity (Wildman–Crippen MR) is 80.6 cm³/mol. The standard InChI is InChI=1S/C17H22N2O2/c20-16(18-9-8-13-6-2-1-3-7-13)14-12-15(14)17(21)19-10-4-5-11-19/h1-3,6-7,14-15H,4-5,8-12H2,(H,18,20). The van der Waals surface area contributed by atoms with Gasteiger partial charge in [0.15, 0.2) is 0 Å². The summed E-state index contributed by atoms with van der Waals surface area (Å²) < 4.78 is 0. The minimum atomic E-state index is -0.0890. The van der Waals surface area contributed by atoms with Gasteiger partial charge in [0.25, 0.3) is 0 Å². The third-order valence-corrected chi connectivity index (χ3v) is 4.42. The Kier molecular flexibility index (Phi) is 4.23. The molecule has 1 N–H and O–H groups in total. The van der Waals surface area contributed by atoms with Crippen LogP contribution in [-0.4, -0.2) is 36.3 Å². The number of rotatable bonds is 5. The Bertz CT molecular complexity index is 509. The van der Waals surface area contributed by atoms with Crippen molar-refractivity contribution in [3.05, 3.63) is 35.9 Å². The molecule has 1 aliphatic carbocycles. The maximum Gasteiger partial charge on any atom is 0.226 e. The maximum atomic E-state index is 12.2. The van der Waals surface area contributed by atoms with Gasteiger partial charge in [-0.3, -0.25) is 9.59 Å². The monoisotopic (exact) mass is 286 g/mol. The van der Waals surface area contributed by atoms with E-state index in [1.54, 1.807) is 0 Å². The Balaban J connectivity index is 1.40. The Morgan fingerprint density at radius 2 is 1.81 bits per heavy atom. The first kappa shape index (κ1) is 14.1. The van der Waals surface area contributed by atoms with Crippen molar-refractivity contribution in [2.45, 2.75) is 25.7 Å². The fraction of sp³-hybridized carbons (Fsp3) is 0.529. The highest BCUT2D eigenvalue weighted by atomic mass is 16.2. The van der Waals surface area contributed by atoms with E-state index in [1.165, 1.54) is 5.56 Å². The average molecular weight is 286 g/mol. The summed E-state index contributed by atoms with van der Waals surface area (Å²) in [5.41, 5.74) is 1.22. The molecule has 4 heteroatoms. The molecule has 1 aromatic carbocycles. The second kappa shape index (κ2) is 6.29. The Morgan fingerprint density at radius 1 is 1.10 bits per heavy atom. The summed E-state index contributed by atoms with van der Waals surface area (Å²) in [5, 5.41) is 2.96. The van der Waals surface area contributed by atoms with Crippen molar-refractivity contribution in [3.63, 3.8) is 0 Å². The molecule has 0 radical (unpaired) electrons. The van der Waals surface area contributed by atoms with Crippen LogP contribution in [-0.2, 0) is 16.0 Å². The lowest BCUT2D eigenvalue weighted by Crippen LogP contribution is -2.32. The van der Waals surface area contributed by atoms with E-state index in [4.69, 9.17) is 0 Å². The third kappa shape index (κ3) is 3.43. The van der Waals surface area contributed by atoms with Crippen molar-refractivity contribution in [2.24, 2.45) is 11.8 Å². The van der Waals surface area contributed by atoms with E-state index < -0.39 is 0 Å². The Hall–Kier alpha value is -1.84. The molecule has 1 saturated heterocycles. The second-order valence-corrected chi connectivity index (χ2v) is 6.01.